The van der Waals surface area contributed by atoms with Gasteiger partial charge in [-0.05, 0) is 30.5 Å². The third-order valence-electron chi connectivity index (χ3n) is 4.49. The Morgan fingerprint density at radius 3 is 2.62 bits per heavy atom. The Labute approximate surface area is 154 Å². The lowest BCUT2D eigenvalue weighted by molar-refractivity contribution is -0.126. The van der Waals surface area contributed by atoms with Crippen molar-refractivity contribution in [3.05, 3.63) is 71.3 Å². The van der Waals surface area contributed by atoms with Crippen LogP contribution >= 0.6 is 0 Å². The summed E-state index contributed by atoms with van der Waals surface area (Å²) in [6.07, 6.45) is 0.745. The third kappa shape index (κ3) is 3.94. The number of fused-ring (bicyclic) bond motifs is 1. The molecule has 0 bridgehead atoms. The third-order valence-corrected chi connectivity index (χ3v) is 4.49. The summed E-state index contributed by atoms with van der Waals surface area (Å²) in [5.41, 5.74) is 2.45. The van der Waals surface area contributed by atoms with Crippen molar-refractivity contribution in [2.45, 2.75) is 25.9 Å². The highest BCUT2D eigenvalue weighted by atomic mass is 16.5. The first-order chi connectivity index (χ1) is 12.7. The van der Waals surface area contributed by atoms with E-state index in [0.717, 1.165) is 17.5 Å². The van der Waals surface area contributed by atoms with Crippen LogP contribution in [0.3, 0.4) is 0 Å². The minimum absolute atomic E-state index is 0.0982. The number of benzene rings is 2. The lowest BCUT2D eigenvalue weighted by Gasteiger charge is -2.27. The molecule has 1 atom stereocenters. The molecule has 2 amide bonds. The van der Waals surface area contributed by atoms with E-state index < -0.39 is 6.04 Å². The van der Waals surface area contributed by atoms with Crippen molar-refractivity contribution in [2.24, 2.45) is 0 Å². The summed E-state index contributed by atoms with van der Waals surface area (Å²) in [5, 5.41) is 2.95. The number of nitrogens with one attached hydrogen (secondary N) is 1. The normalized spacial score (nSPS) is 14.2. The molecule has 5 heteroatoms. The lowest BCUT2D eigenvalue weighted by atomic mass is 10.0. The average Bonchev–Trinajstić information content (AvgIpc) is 2.99. The van der Waals surface area contributed by atoms with E-state index in [1.54, 1.807) is 4.90 Å². The quantitative estimate of drug-likeness (QED) is 0.743. The van der Waals surface area contributed by atoms with Crippen LogP contribution in [0.15, 0.2) is 54.6 Å². The summed E-state index contributed by atoms with van der Waals surface area (Å²) in [5.74, 6) is -0.257. The van der Waals surface area contributed by atoms with E-state index in [2.05, 4.69) is 5.32 Å². The van der Waals surface area contributed by atoms with Gasteiger partial charge in [0, 0.05) is 31.9 Å². The second-order valence-electron chi connectivity index (χ2n) is 6.24. The number of hydrogen-bond acceptors (Lipinski definition) is 3. The van der Waals surface area contributed by atoms with Crippen molar-refractivity contribution in [3.8, 4) is 0 Å². The average molecular weight is 352 g/mol. The maximum atomic E-state index is 12.9. The van der Waals surface area contributed by atoms with E-state index in [9.17, 15) is 9.59 Å². The van der Waals surface area contributed by atoms with Gasteiger partial charge in [-0.25, -0.2) is 0 Å². The van der Waals surface area contributed by atoms with Gasteiger partial charge in [0.25, 0.3) is 5.91 Å². The van der Waals surface area contributed by atoms with Crippen molar-refractivity contribution in [2.75, 3.05) is 19.8 Å². The van der Waals surface area contributed by atoms with Crippen LogP contribution in [0.1, 0.15) is 40.9 Å². The maximum absolute atomic E-state index is 12.9. The molecule has 1 N–H and O–H groups in total. The summed E-state index contributed by atoms with van der Waals surface area (Å²) in [6, 6.07) is 16.4. The second kappa shape index (κ2) is 8.63. The van der Waals surface area contributed by atoms with Gasteiger partial charge >= 0.3 is 0 Å². The van der Waals surface area contributed by atoms with Crippen molar-refractivity contribution in [1.29, 1.82) is 0 Å². The van der Waals surface area contributed by atoms with Crippen molar-refractivity contribution < 1.29 is 14.3 Å². The molecule has 5 nitrogen and oxygen atoms in total. The van der Waals surface area contributed by atoms with Gasteiger partial charge in [-0.3, -0.25) is 9.59 Å². The van der Waals surface area contributed by atoms with Crippen LogP contribution in [0.4, 0.5) is 0 Å². The SMILES string of the molecule is CCOCCCNC(=O)[C@H](c1ccccc1)N1Cc2ccccc2C1=O. The fourth-order valence-electron chi connectivity index (χ4n) is 3.22. The summed E-state index contributed by atoms with van der Waals surface area (Å²) < 4.78 is 5.30. The Bertz CT molecular complexity index is 761. The minimum Gasteiger partial charge on any atom is -0.382 e. The zero-order valence-corrected chi connectivity index (χ0v) is 15.0. The molecule has 0 fully saturated rings. The second-order valence-corrected chi connectivity index (χ2v) is 6.24. The molecule has 1 heterocycles. The number of ether oxygens (including phenoxy) is 1. The summed E-state index contributed by atoms with van der Waals surface area (Å²) >= 11 is 0. The predicted molar refractivity (Wildman–Crippen MR) is 99.6 cm³/mol. The van der Waals surface area contributed by atoms with E-state index in [0.29, 0.717) is 31.9 Å². The number of rotatable bonds is 8. The molecule has 2 aromatic carbocycles. The first-order valence-electron chi connectivity index (χ1n) is 9.01. The van der Waals surface area contributed by atoms with Crippen molar-refractivity contribution in [1.82, 2.24) is 10.2 Å². The Morgan fingerprint density at radius 1 is 1.15 bits per heavy atom. The zero-order valence-electron chi connectivity index (χ0n) is 15.0. The fourth-order valence-corrected chi connectivity index (χ4v) is 3.22. The molecule has 1 aliphatic heterocycles. The van der Waals surface area contributed by atoms with E-state index in [4.69, 9.17) is 4.74 Å². The van der Waals surface area contributed by atoms with Gasteiger partial charge in [0.1, 0.15) is 6.04 Å². The molecular formula is C21H24N2O3. The van der Waals surface area contributed by atoms with Gasteiger partial charge in [0.15, 0.2) is 0 Å². The Kier molecular flexibility index (Phi) is 6.02. The van der Waals surface area contributed by atoms with E-state index in [1.807, 2.05) is 61.5 Å². The monoisotopic (exact) mass is 352 g/mol. The van der Waals surface area contributed by atoms with Crippen LogP contribution in [0.25, 0.3) is 0 Å². The lowest BCUT2D eigenvalue weighted by Crippen LogP contribution is -2.41. The van der Waals surface area contributed by atoms with Gasteiger partial charge < -0.3 is 15.0 Å². The van der Waals surface area contributed by atoms with Crippen LogP contribution in [0, 0.1) is 0 Å². The molecule has 26 heavy (non-hydrogen) atoms. The molecule has 1 aliphatic rings. The van der Waals surface area contributed by atoms with Crippen LogP contribution in [-0.2, 0) is 16.1 Å². The molecule has 136 valence electrons. The first kappa shape index (κ1) is 18.1. The molecule has 0 unspecified atom stereocenters. The smallest absolute Gasteiger partial charge is 0.255 e. The maximum Gasteiger partial charge on any atom is 0.255 e. The number of carbonyl (C=O) groups excluding carboxylic acids is 2. The summed E-state index contributed by atoms with van der Waals surface area (Å²) in [7, 11) is 0. The van der Waals surface area contributed by atoms with Gasteiger partial charge in [-0.15, -0.1) is 0 Å². The number of amides is 2. The Hall–Kier alpha value is -2.66. The minimum atomic E-state index is -0.636. The van der Waals surface area contributed by atoms with Crippen molar-refractivity contribution in [3.63, 3.8) is 0 Å². The van der Waals surface area contributed by atoms with E-state index >= 15 is 0 Å². The van der Waals surface area contributed by atoms with Gasteiger partial charge in [0.05, 0.1) is 0 Å². The molecular weight excluding hydrogens is 328 g/mol. The van der Waals surface area contributed by atoms with Gasteiger partial charge in [-0.1, -0.05) is 48.5 Å². The molecule has 0 spiro atoms. The van der Waals surface area contributed by atoms with Gasteiger partial charge in [0.2, 0.25) is 5.91 Å². The first-order valence-corrected chi connectivity index (χ1v) is 9.01. The highest BCUT2D eigenvalue weighted by molar-refractivity contribution is 6.01. The topological polar surface area (TPSA) is 58.6 Å². The molecule has 2 aromatic rings. The van der Waals surface area contributed by atoms with Crippen LogP contribution in [-0.4, -0.2) is 36.5 Å². The van der Waals surface area contributed by atoms with E-state index in [-0.39, 0.29) is 11.8 Å². The highest BCUT2D eigenvalue weighted by Gasteiger charge is 2.36. The molecule has 0 aliphatic carbocycles. The largest absolute Gasteiger partial charge is 0.382 e. The Balaban J connectivity index is 1.77. The van der Waals surface area contributed by atoms with Crippen LogP contribution in [0.2, 0.25) is 0 Å². The summed E-state index contributed by atoms with van der Waals surface area (Å²) in [4.78, 5) is 27.4. The van der Waals surface area contributed by atoms with Gasteiger partial charge in [-0.2, -0.15) is 0 Å². The highest BCUT2D eigenvalue weighted by Crippen LogP contribution is 2.31. The van der Waals surface area contributed by atoms with E-state index in [1.165, 1.54) is 0 Å². The Morgan fingerprint density at radius 2 is 1.88 bits per heavy atom. The molecule has 0 radical (unpaired) electrons. The molecule has 3 rings (SSSR count). The van der Waals surface area contributed by atoms with Crippen LogP contribution in [0.5, 0.6) is 0 Å². The number of hydrogen-bond donors (Lipinski definition) is 1. The molecule has 0 saturated heterocycles. The standard InChI is InChI=1S/C21H24N2O3/c1-2-26-14-8-13-22-20(24)19(16-9-4-3-5-10-16)23-15-17-11-6-7-12-18(17)21(23)25/h3-7,9-12,19H,2,8,13-15H2,1H3,(H,22,24)/t19-/m0/s1. The molecule has 0 saturated carbocycles. The molecule has 0 aromatic heterocycles. The predicted octanol–water partition coefficient (Wildman–Crippen LogP) is 2.93. The fraction of sp³-hybridized carbons (Fsp3) is 0.333. The number of nitrogens with zero attached hydrogens (tertiary/aromatic N) is 1. The zero-order chi connectivity index (χ0) is 18.4. The van der Waals surface area contributed by atoms with Crippen LogP contribution < -0.4 is 5.32 Å². The van der Waals surface area contributed by atoms with Crippen molar-refractivity contribution >= 4 is 11.8 Å². The number of carbonyl (C=O) groups is 2. The summed E-state index contributed by atoms with van der Waals surface area (Å²) in [6.45, 7) is 4.20.